The molecule has 0 radical (unpaired) electrons. The number of carbonyl (C=O) groups is 1. The first-order valence-corrected chi connectivity index (χ1v) is 7.11. The van der Waals surface area contributed by atoms with Gasteiger partial charge in [-0.3, -0.25) is 4.79 Å². The molecular weight excluding hydrogens is 248 g/mol. The van der Waals surface area contributed by atoms with Gasteiger partial charge in [0.2, 0.25) is 5.91 Å². The van der Waals surface area contributed by atoms with Crippen LogP contribution >= 0.6 is 11.8 Å². The molecule has 1 fully saturated rings. The fraction of sp³-hybridized carbons (Fsp3) is 0.462. The van der Waals surface area contributed by atoms with E-state index >= 15 is 0 Å². The molecule has 1 atom stereocenters. The Labute approximate surface area is 111 Å². The lowest BCUT2D eigenvalue weighted by Crippen LogP contribution is -2.27. The lowest BCUT2D eigenvalue weighted by molar-refractivity contribution is -0.115. The van der Waals surface area contributed by atoms with Gasteiger partial charge in [-0.25, -0.2) is 0 Å². The summed E-state index contributed by atoms with van der Waals surface area (Å²) in [6, 6.07) is 5.27. The number of nitrogen functional groups attached to an aromatic ring is 1. The number of hydrogen-bond acceptors (Lipinski definition) is 4. The SMILES string of the molecule is COc1ccc(N)c(NC(=O)C2CCCCS2)c1. The molecule has 4 nitrogen and oxygen atoms in total. The molecule has 18 heavy (non-hydrogen) atoms. The summed E-state index contributed by atoms with van der Waals surface area (Å²) in [5.41, 5.74) is 7.04. The molecule has 5 heteroatoms. The van der Waals surface area contributed by atoms with E-state index < -0.39 is 0 Å². The number of benzene rings is 1. The molecular formula is C13H18N2O2S. The Morgan fingerprint density at radius 3 is 3.00 bits per heavy atom. The third kappa shape index (κ3) is 3.10. The molecule has 0 aliphatic carbocycles. The number of methoxy groups -OCH3 is 1. The number of anilines is 2. The summed E-state index contributed by atoms with van der Waals surface area (Å²) < 4.78 is 5.12. The molecule has 1 amide bonds. The molecule has 3 N–H and O–H groups in total. The highest BCUT2D eigenvalue weighted by molar-refractivity contribution is 8.00. The largest absolute Gasteiger partial charge is 0.497 e. The normalized spacial score (nSPS) is 19.3. The van der Waals surface area contributed by atoms with E-state index in [0.29, 0.717) is 17.1 Å². The van der Waals surface area contributed by atoms with Crippen LogP contribution in [0, 0.1) is 0 Å². The number of thioether (sulfide) groups is 1. The lowest BCUT2D eigenvalue weighted by atomic mass is 10.1. The Kier molecular flexibility index (Phi) is 4.36. The van der Waals surface area contributed by atoms with E-state index in [1.807, 2.05) is 0 Å². The smallest absolute Gasteiger partial charge is 0.237 e. The molecule has 0 spiro atoms. The first-order chi connectivity index (χ1) is 8.70. The highest BCUT2D eigenvalue weighted by Gasteiger charge is 2.22. The maximum absolute atomic E-state index is 12.1. The van der Waals surface area contributed by atoms with Gasteiger partial charge in [-0.15, -0.1) is 11.8 Å². The van der Waals surface area contributed by atoms with Crippen molar-refractivity contribution in [2.75, 3.05) is 23.9 Å². The van der Waals surface area contributed by atoms with Gasteiger partial charge in [0.1, 0.15) is 5.75 Å². The zero-order chi connectivity index (χ0) is 13.0. The van der Waals surface area contributed by atoms with E-state index in [0.717, 1.165) is 18.6 Å². The Hall–Kier alpha value is -1.36. The highest BCUT2D eigenvalue weighted by atomic mass is 32.2. The van der Waals surface area contributed by atoms with Gasteiger partial charge in [0.05, 0.1) is 23.7 Å². The van der Waals surface area contributed by atoms with Crippen molar-refractivity contribution in [2.24, 2.45) is 0 Å². The minimum atomic E-state index is 0.0413. The number of rotatable bonds is 3. The Balaban J connectivity index is 2.05. The van der Waals surface area contributed by atoms with E-state index in [1.54, 1.807) is 37.1 Å². The summed E-state index contributed by atoms with van der Waals surface area (Å²) in [6.45, 7) is 0. The third-order valence-corrected chi connectivity index (χ3v) is 4.37. The van der Waals surface area contributed by atoms with Crippen LogP contribution in [0.15, 0.2) is 18.2 Å². The number of hydrogen-bond donors (Lipinski definition) is 2. The van der Waals surface area contributed by atoms with Crippen LogP contribution in [-0.4, -0.2) is 24.0 Å². The second-order valence-electron chi connectivity index (χ2n) is 4.30. The molecule has 98 valence electrons. The van der Waals surface area contributed by atoms with Crippen LogP contribution in [0.1, 0.15) is 19.3 Å². The van der Waals surface area contributed by atoms with Gasteiger partial charge in [-0.2, -0.15) is 0 Å². The number of amides is 1. The zero-order valence-corrected chi connectivity index (χ0v) is 11.3. The Morgan fingerprint density at radius 2 is 2.33 bits per heavy atom. The summed E-state index contributed by atoms with van der Waals surface area (Å²) in [7, 11) is 1.59. The average molecular weight is 266 g/mol. The molecule has 1 unspecified atom stereocenters. The van der Waals surface area contributed by atoms with E-state index in [9.17, 15) is 4.79 Å². The van der Waals surface area contributed by atoms with Crippen molar-refractivity contribution >= 4 is 29.0 Å². The van der Waals surface area contributed by atoms with Crippen molar-refractivity contribution in [3.05, 3.63) is 18.2 Å². The molecule has 2 rings (SSSR count). The van der Waals surface area contributed by atoms with Gasteiger partial charge >= 0.3 is 0 Å². The van der Waals surface area contributed by atoms with E-state index in [-0.39, 0.29) is 11.2 Å². The Bertz CT molecular complexity index is 431. The minimum Gasteiger partial charge on any atom is -0.497 e. The van der Waals surface area contributed by atoms with Crippen LogP contribution in [0.25, 0.3) is 0 Å². The summed E-state index contributed by atoms with van der Waals surface area (Å²) in [4.78, 5) is 12.1. The van der Waals surface area contributed by atoms with Crippen LogP contribution in [0.3, 0.4) is 0 Å². The average Bonchev–Trinajstić information content (AvgIpc) is 2.42. The van der Waals surface area contributed by atoms with Gasteiger partial charge < -0.3 is 15.8 Å². The minimum absolute atomic E-state index is 0.0413. The van der Waals surface area contributed by atoms with Crippen molar-refractivity contribution in [1.82, 2.24) is 0 Å². The molecule has 0 bridgehead atoms. The van der Waals surface area contributed by atoms with Crippen LogP contribution in [-0.2, 0) is 4.79 Å². The molecule has 1 saturated heterocycles. The summed E-state index contributed by atoms with van der Waals surface area (Å²) in [5.74, 6) is 1.79. The van der Waals surface area contributed by atoms with Crippen LogP contribution < -0.4 is 15.8 Å². The molecule has 1 aliphatic heterocycles. The fourth-order valence-electron chi connectivity index (χ4n) is 1.93. The van der Waals surface area contributed by atoms with Crippen molar-refractivity contribution in [2.45, 2.75) is 24.5 Å². The molecule has 1 aromatic carbocycles. The first-order valence-electron chi connectivity index (χ1n) is 6.06. The number of carbonyl (C=O) groups excluding carboxylic acids is 1. The first kappa shape index (κ1) is 13.1. The molecule has 0 saturated carbocycles. The third-order valence-electron chi connectivity index (χ3n) is 2.99. The second kappa shape index (κ2) is 6.00. The summed E-state index contributed by atoms with van der Waals surface area (Å²) in [5, 5.41) is 2.94. The molecule has 0 aromatic heterocycles. The Morgan fingerprint density at radius 1 is 1.50 bits per heavy atom. The topological polar surface area (TPSA) is 64.3 Å². The van der Waals surface area contributed by atoms with E-state index in [2.05, 4.69) is 5.32 Å². The van der Waals surface area contributed by atoms with Gasteiger partial charge in [0, 0.05) is 6.07 Å². The van der Waals surface area contributed by atoms with E-state index in [1.165, 1.54) is 6.42 Å². The van der Waals surface area contributed by atoms with Crippen LogP contribution in [0.2, 0.25) is 0 Å². The number of nitrogens with one attached hydrogen (secondary N) is 1. The quantitative estimate of drug-likeness (QED) is 0.825. The van der Waals surface area contributed by atoms with Crippen LogP contribution in [0.5, 0.6) is 5.75 Å². The lowest BCUT2D eigenvalue weighted by Gasteiger charge is -2.21. The second-order valence-corrected chi connectivity index (χ2v) is 5.61. The predicted octanol–water partition coefficient (Wildman–Crippen LogP) is 2.50. The maximum Gasteiger partial charge on any atom is 0.237 e. The van der Waals surface area contributed by atoms with Gasteiger partial charge in [0.15, 0.2) is 0 Å². The number of ether oxygens (including phenoxy) is 1. The zero-order valence-electron chi connectivity index (χ0n) is 10.4. The summed E-state index contributed by atoms with van der Waals surface area (Å²) >= 11 is 1.72. The van der Waals surface area contributed by atoms with Gasteiger partial charge in [-0.05, 0) is 30.7 Å². The molecule has 1 aliphatic rings. The standard InChI is InChI=1S/C13H18N2O2S/c1-17-9-5-6-10(14)11(8-9)15-13(16)12-4-2-3-7-18-12/h5-6,8,12H,2-4,7,14H2,1H3,(H,15,16). The fourth-order valence-corrected chi connectivity index (χ4v) is 3.13. The van der Waals surface area contributed by atoms with Crippen LogP contribution in [0.4, 0.5) is 11.4 Å². The predicted molar refractivity (Wildman–Crippen MR) is 76.1 cm³/mol. The van der Waals surface area contributed by atoms with Gasteiger partial charge in [-0.1, -0.05) is 6.42 Å². The van der Waals surface area contributed by atoms with Gasteiger partial charge in [0.25, 0.3) is 0 Å². The number of nitrogens with two attached hydrogens (primary N) is 1. The highest BCUT2D eigenvalue weighted by Crippen LogP contribution is 2.28. The maximum atomic E-state index is 12.1. The summed E-state index contributed by atoms with van der Waals surface area (Å²) in [6.07, 6.45) is 3.27. The van der Waals surface area contributed by atoms with E-state index in [4.69, 9.17) is 10.5 Å². The molecule has 1 aromatic rings. The van der Waals surface area contributed by atoms with Crippen molar-refractivity contribution in [3.63, 3.8) is 0 Å². The molecule has 1 heterocycles. The monoisotopic (exact) mass is 266 g/mol. The van der Waals surface area contributed by atoms with Crippen molar-refractivity contribution in [3.8, 4) is 5.75 Å². The van der Waals surface area contributed by atoms with Crippen molar-refractivity contribution in [1.29, 1.82) is 0 Å². The van der Waals surface area contributed by atoms with Crippen molar-refractivity contribution < 1.29 is 9.53 Å².